The van der Waals surface area contributed by atoms with Crippen molar-refractivity contribution in [2.45, 2.75) is 20.4 Å². The number of aryl methyl sites for hydroxylation is 1. The summed E-state index contributed by atoms with van der Waals surface area (Å²) >= 11 is 5.69. The molecule has 0 bridgehead atoms. The van der Waals surface area contributed by atoms with Crippen LogP contribution in [0.25, 0.3) is 0 Å². The topological polar surface area (TPSA) is 49.4 Å². The fourth-order valence-corrected chi connectivity index (χ4v) is 2.40. The Balaban J connectivity index is 2.04. The average Bonchev–Trinajstić information content (AvgIpc) is 2.52. The smallest absolute Gasteiger partial charge is 0.244 e. The third-order valence-corrected chi connectivity index (χ3v) is 3.90. The van der Waals surface area contributed by atoms with Crippen LogP contribution in [0.1, 0.15) is 18.1 Å². The van der Waals surface area contributed by atoms with Crippen LogP contribution in [0.15, 0.2) is 42.5 Å². The summed E-state index contributed by atoms with van der Waals surface area (Å²) in [6, 6.07) is 11.6. The van der Waals surface area contributed by atoms with E-state index < -0.39 is 5.82 Å². The Labute approximate surface area is 145 Å². The summed E-state index contributed by atoms with van der Waals surface area (Å²) in [6.45, 7) is 3.62. The van der Waals surface area contributed by atoms with E-state index in [2.05, 4.69) is 5.32 Å². The van der Waals surface area contributed by atoms with E-state index in [1.54, 1.807) is 0 Å². The molecule has 0 aliphatic heterocycles. The van der Waals surface area contributed by atoms with Crippen molar-refractivity contribution in [1.82, 2.24) is 4.90 Å². The summed E-state index contributed by atoms with van der Waals surface area (Å²) in [5, 5.41) is 2.54. The van der Waals surface area contributed by atoms with E-state index >= 15 is 0 Å². The lowest BCUT2D eigenvalue weighted by atomic mass is 10.1. The van der Waals surface area contributed by atoms with E-state index in [0.717, 1.165) is 11.1 Å². The van der Waals surface area contributed by atoms with E-state index in [-0.39, 0.29) is 23.4 Å². The molecule has 0 heterocycles. The van der Waals surface area contributed by atoms with Gasteiger partial charge in [0.1, 0.15) is 12.4 Å². The molecule has 0 aliphatic carbocycles. The number of benzene rings is 2. The Morgan fingerprint density at radius 2 is 1.92 bits per heavy atom. The number of rotatable bonds is 5. The van der Waals surface area contributed by atoms with Gasteiger partial charge in [0.05, 0.1) is 5.02 Å². The molecular weight excluding hydrogens is 331 g/mol. The second-order valence-electron chi connectivity index (χ2n) is 5.48. The van der Waals surface area contributed by atoms with Crippen LogP contribution in [0.4, 0.5) is 10.1 Å². The standard InChI is InChI=1S/C18H18ClFN2O2/c1-12-5-3-4-6-14(12)10-22(13(2)23)11-18(24)21-15-7-8-17(20)16(19)9-15/h3-9H,10-11H2,1-2H3,(H,21,24). The summed E-state index contributed by atoms with van der Waals surface area (Å²) in [5.41, 5.74) is 2.41. The molecule has 24 heavy (non-hydrogen) atoms. The number of halogens is 2. The minimum absolute atomic E-state index is 0.0730. The quantitative estimate of drug-likeness (QED) is 0.894. The van der Waals surface area contributed by atoms with Crippen molar-refractivity contribution in [3.8, 4) is 0 Å². The third kappa shape index (κ3) is 4.80. The van der Waals surface area contributed by atoms with Crippen molar-refractivity contribution in [3.05, 3.63) is 64.4 Å². The molecule has 0 atom stereocenters. The number of carbonyl (C=O) groups is 2. The molecule has 2 aromatic rings. The van der Waals surface area contributed by atoms with Crippen LogP contribution in [0.2, 0.25) is 5.02 Å². The van der Waals surface area contributed by atoms with Crippen LogP contribution in [-0.4, -0.2) is 23.3 Å². The largest absolute Gasteiger partial charge is 0.329 e. The fourth-order valence-electron chi connectivity index (χ4n) is 2.22. The second-order valence-corrected chi connectivity index (χ2v) is 5.89. The highest BCUT2D eigenvalue weighted by atomic mass is 35.5. The maximum atomic E-state index is 13.1. The highest BCUT2D eigenvalue weighted by molar-refractivity contribution is 6.31. The Kier molecular flexibility index (Phi) is 5.93. The number of nitrogens with zero attached hydrogens (tertiary/aromatic N) is 1. The summed E-state index contributed by atoms with van der Waals surface area (Å²) in [7, 11) is 0. The van der Waals surface area contributed by atoms with Gasteiger partial charge in [0.25, 0.3) is 0 Å². The minimum Gasteiger partial charge on any atom is -0.329 e. The summed E-state index contributed by atoms with van der Waals surface area (Å²) in [6.07, 6.45) is 0. The average molecular weight is 349 g/mol. The molecule has 2 amide bonds. The van der Waals surface area contributed by atoms with Crippen LogP contribution in [0, 0.1) is 12.7 Å². The van der Waals surface area contributed by atoms with Gasteiger partial charge in [-0.05, 0) is 36.2 Å². The Bertz CT molecular complexity index is 764. The molecule has 0 fully saturated rings. The maximum Gasteiger partial charge on any atom is 0.244 e. The number of hydrogen-bond acceptors (Lipinski definition) is 2. The van der Waals surface area contributed by atoms with Crippen LogP contribution in [-0.2, 0) is 16.1 Å². The molecule has 0 spiro atoms. The van der Waals surface area contributed by atoms with Crippen molar-refractivity contribution in [2.75, 3.05) is 11.9 Å². The van der Waals surface area contributed by atoms with Gasteiger partial charge in [0.15, 0.2) is 0 Å². The zero-order valence-electron chi connectivity index (χ0n) is 13.5. The van der Waals surface area contributed by atoms with Gasteiger partial charge in [0.2, 0.25) is 11.8 Å². The van der Waals surface area contributed by atoms with E-state index in [4.69, 9.17) is 11.6 Å². The Morgan fingerprint density at radius 1 is 1.21 bits per heavy atom. The van der Waals surface area contributed by atoms with Crippen LogP contribution < -0.4 is 5.32 Å². The van der Waals surface area contributed by atoms with Crippen LogP contribution in [0.5, 0.6) is 0 Å². The monoisotopic (exact) mass is 348 g/mol. The molecule has 4 nitrogen and oxygen atoms in total. The first-order chi connectivity index (χ1) is 11.4. The molecule has 0 aromatic heterocycles. The van der Waals surface area contributed by atoms with Crippen molar-refractivity contribution in [2.24, 2.45) is 0 Å². The number of carbonyl (C=O) groups excluding carboxylic acids is 2. The van der Waals surface area contributed by atoms with Gasteiger partial charge in [-0.15, -0.1) is 0 Å². The SMILES string of the molecule is CC(=O)N(CC(=O)Nc1ccc(F)c(Cl)c1)Cc1ccccc1C. The highest BCUT2D eigenvalue weighted by Crippen LogP contribution is 2.19. The summed E-state index contributed by atoms with van der Waals surface area (Å²) in [4.78, 5) is 25.4. The van der Waals surface area contributed by atoms with Gasteiger partial charge in [-0.2, -0.15) is 0 Å². The number of amides is 2. The first kappa shape index (κ1) is 17.9. The predicted octanol–water partition coefficient (Wildman–Crippen LogP) is 3.77. The molecule has 1 N–H and O–H groups in total. The number of nitrogens with one attached hydrogen (secondary N) is 1. The lowest BCUT2D eigenvalue weighted by Crippen LogP contribution is -2.36. The van der Waals surface area contributed by atoms with E-state index in [9.17, 15) is 14.0 Å². The molecule has 0 radical (unpaired) electrons. The lowest BCUT2D eigenvalue weighted by Gasteiger charge is -2.21. The third-order valence-electron chi connectivity index (χ3n) is 3.61. The van der Waals surface area contributed by atoms with E-state index in [1.165, 1.54) is 30.0 Å². The van der Waals surface area contributed by atoms with Gasteiger partial charge >= 0.3 is 0 Å². The first-order valence-electron chi connectivity index (χ1n) is 7.41. The second kappa shape index (κ2) is 7.93. The van der Waals surface area contributed by atoms with Gasteiger partial charge in [-0.3, -0.25) is 9.59 Å². The maximum absolute atomic E-state index is 13.1. The molecule has 0 saturated carbocycles. The zero-order valence-corrected chi connectivity index (χ0v) is 14.2. The van der Waals surface area contributed by atoms with E-state index in [1.807, 2.05) is 31.2 Å². The number of anilines is 1. The normalized spacial score (nSPS) is 10.3. The molecule has 0 aliphatic rings. The molecule has 2 rings (SSSR count). The van der Waals surface area contributed by atoms with Gasteiger partial charge in [-0.1, -0.05) is 35.9 Å². The molecule has 2 aromatic carbocycles. The summed E-state index contributed by atoms with van der Waals surface area (Å²) < 4.78 is 13.1. The predicted molar refractivity (Wildman–Crippen MR) is 92.3 cm³/mol. The molecule has 126 valence electrons. The molecule has 0 saturated heterocycles. The van der Waals surface area contributed by atoms with Crippen LogP contribution >= 0.6 is 11.6 Å². The van der Waals surface area contributed by atoms with Crippen molar-refractivity contribution in [1.29, 1.82) is 0 Å². The minimum atomic E-state index is -0.556. The fraction of sp³-hybridized carbons (Fsp3) is 0.222. The van der Waals surface area contributed by atoms with Gasteiger partial charge < -0.3 is 10.2 Å². The van der Waals surface area contributed by atoms with Crippen molar-refractivity contribution in [3.63, 3.8) is 0 Å². The Morgan fingerprint density at radius 3 is 2.54 bits per heavy atom. The van der Waals surface area contributed by atoms with Crippen molar-refractivity contribution < 1.29 is 14.0 Å². The number of hydrogen-bond donors (Lipinski definition) is 1. The van der Waals surface area contributed by atoms with E-state index in [0.29, 0.717) is 12.2 Å². The van der Waals surface area contributed by atoms with Crippen LogP contribution in [0.3, 0.4) is 0 Å². The zero-order chi connectivity index (χ0) is 17.7. The summed E-state index contributed by atoms with van der Waals surface area (Å²) in [5.74, 6) is -1.13. The molecular formula is C18H18ClFN2O2. The lowest BCUT2D eigenvalue weighted by molar-refractivity contribution is -0.133. The highest BCUT2D eigenvalue weighted by Gasteiger charge is 2.15. The molecule has 6 heteroatoms. The van der Waals surface area contributed by atoms with Crippen molar-refractivity contribution >= 4 is 29.1 Å². The van der Waals surface area contributed by atoms with Gasteiger partial charge in [-0.25, -0.2) is 4.39 Å². The molecule has 0 unspecified atom stereocenters. The van der Waals surface area contributed by atoms with Gasteiger partial charge in [0, 0.05) is 19.2 Å². The first-order valence-corrected chi connectivity index (χ1v) is 7.79. The Hall–Kier alpha value is -2.40.